The summed E-state index contributed by atoms with van der Waals surface area (Å²) in [6.07, 6.45) is 4.22. The summed E-state index contributed by atoms with van der Waals surface area (Å²) in [4.78, 5) is 14.5. The Bertz CT molecular complexity index is 1110. The van der Waals surface area contributed by atoms with E-state index in [1.54, 1.807) is 29.2 Å². The van der Waals surface area contributed by atoms with Crippen molar-refractivity contribution in [2.75, 3.05) is 32.6 Å². The van der Waals surface area contributed by atoms with Crippen LogP contribution in [-0.2, 0) is 21.2 Å². The van der Waals surface area contributed by atoms with Crippen LogP contribution in [-0.4, -0.2) is 46.4 Å². The van der Waals surface area contributed by atoms with E-state index >= 15 is 0 Å². The van der Waals surface area contributed by atoms with Crippen LogP contribution in [0.4, 0.5) is 10.1 Å². The largest absolute Gasteiger partial charge is 0.495 e. The van der Waals surface area contributed by atoms with Crippen molar-refractivity contribution >= 4 is 27.7 Å². The summed E-state index contributed by atoms with van der Waals surface area (Å²) < 4.78 is 45.6. The fourth-order valence-electron chi connectivity index (χ4n) is 3.54. The minimum atomic E-state index is -3.71. The van der Waals surface area contributed by atoms with Crippen molar-refractivity contribution < 1.29 is 22.3 Å². The second kappa shape index (κ2) is 8.57. The van der Waals surface area contributed by atoms with Crippen LogP contribution in [0.25, 0.3) is 6.08 Å². The highest BCUT2D eigenvalue weighted by molar-refractivity contribution is 7.89. The molecule has 1 amide bonds. The lowest BCUT2D eigenvalue weighted by Gasteiger charge is -2.30. The predicted octanol–water partition coefficient (Wildman–Crippen LogP) is 3.39. The van der Waals surface area contributed by atoms with Gasteiger partial charge in [0.25, 0.3) is 5.91 Å². The average Bonchev–Trinajstić information content (AvgIpc) is 2.74. The van der Waals surface area contributed by atoms with Crippen LogP contribution < -0.4 is 9.64 Å². The van der Waals surface area contributed by atoms with Crippen molar-refractivity contribution in [3.8, 4) is 5.75 Å². The third-order valence-corrected chi connectivity index (χ3v) is 6.97. The highest BCUT2D eigenvalue weighted by Crippen LogP contribution is 2.33. The molecule has 160 valence electrons. The van der Waals surface area contributed by atoms with Crippen LogP contribution in [0.1, 0.15) is 23.1 Å². The molecule has 0 saturated heterocycles. The molecule has 0 aromatic heterocycles. The Morgan fingerprint density at radius 3 is 2.63 bits per heavy atom. The fourth-order valence-corrected chi connectivity index (χ4v) is 4.63. The molecule has 0 aliphatic carbocycles. The normalized spacial score (nSPS) is 14.3. The molecule has 0 radical (unpaired) electrons. The van der Waals surface area contributed by atoms with E-state index in [2.05, 4.69) is 0 Å². The Labute approximate surface area is 176 Å². The van der Waals surface area contributed by atoms with E-state index in [0.717, 1.165) is 9.87 Å². The highest BCUT2D eigenvalue weighted by atomic mass is 32.2. The second-order valence-corrected chi connectivity index (χ2v) is 9.44. The average molecular weight is 433 g/mol. The van der Waals surface area contributed by atoms with Crippen molar-refractivity contribution in [2.24, 2.45) is 0 Å². The van der Waals surface area contributed by atoms with Crippen LogP contribution in [0.15, 0.2) is 41.3 Å². The monoisotopic (exact) mass is 432 g/mol. The Morgan fingerprint density at radius 1 is 1.23 bits per heavy atom. The number of hydrogen-bond donors (Lipinski definition) is 0. The lowest BCUT2D eigenvalue weighted by Crippen LogP contribution is -2.35. The minimum Gasteiger partial charge on any atom is -0.495 e. The van der Waals surface area contributed by atoms with Crippen LogP contribution in [0.5, 0.6) is 5.75 Å². The molecule has 0 bridgehead atoms. The molecule has 0 N–H and O–H groups in total. The molecule has 2 aromatic carbocycles. The number of nitrogens with zero attached hydrogens (tertiary/aromatic N) is 2. The van der Waals surface area contributed by atoms with Gasteiger partial charge in [-0.15, -0.1) is 0 Å². The van der Waals surface area contributed by atoms with Gasteiger partial charge in [0, 0.05) is 32.3 Å². The number of benzene rings is 2. The molecule has 2 aromatic rings. The van der Waals surface area contributed by atoms with E-state index in [1.165, 1.54) is 39.4 Å². The summed E-state index contributed by atoms with van der Waals surface area (Å²) in [6.45, 7) is 2.36. The van der Waals surface area contributed by atoms with E-state index in [1.807, 2.05) is 6.92 Å². The van der Waals surface area contributed by atoms with Crippen molar-refractivity contribution in [3.05, 3.63) is 58.9 Å². The number of aryl methyl sites for hydroxylation is 1. The molecular weight excluding hydrogens is 407 g/mol. The summed E-state index contributed by atoms with van der Waals surface area (Å²) in [5.41, 5.74) is 2.57. The number of ether oxygens (including phenoxy) is 1. The first kappa shape index (κ1) is 22.0. The molecule has 30 heavy (non-hydrogen) atoms. The number of fused-ring (bicyclic) bond motifs is 1. The van der Waals surface area contributed by atoms with Gasteiger partial charge in [0.15, 0.2) is 0 Å². The number of halogens is 1. The number of carbonyl (C=O) groups excluding carboxylic acids is 1. The summed E-state index contributed by atoms with van der Waals surface area (Å²) >= 11 is 0. The SMILES string of the molecule is COc1ccc(/C=C/C(=O)N2CCCc3c(F)ccc(C)c32)cc1S(=O)(=O)N(C)C. The molecule has 0 fully saturated rings. The Kier molecular flexibility index (Phi) is 6.28. The molecule has 3 rings (SSSR count). The number of amides is 1. The van der Waals surface area contributed by atoms with E-state index < -0.39 is 10.0 Å². The zero-order valence-electron chi connectivity index (χ0n) is 17.5. The smallest absolute Gasteiger partial charge is 0.251 e. The first-order valence-corrected chi connectivity index (χ1v) is 11.0. The van der Waals surface area contributed by atoms with Gasteiger partial charge >= 0.3 is 0 Å². The fraction of sp³-hybridized carbons (Fsp3) is 0.318. The van der Waals surface area contributed by atoms with Crippen molar-refractivity contribution in [1.29, 1.82) is 0 Å². The maximum absolute atomic E-state index is 14.2. The third kappa shape index (κ3) is 4.11. The topological polar surface area (TPSA) is 66.9 Å². The van der Waals surface area contributed by atoms with Crippen molar-refractivity contribution in [2.45, 2.75) is 24.7 Å². The van der Waals surface area contributed by atoms with Gasteiger partial charge in [-0.2, -0.15) is 0 Å². The molecule has 1 aliphatic rings. The summed E-state index contributed by atoms with van der Waals surface area (Å²) in [7, 11) is 0.568. The molecule has 0 saturated carbocycles. The Balaban J connectivity index is 1.93. The maximum atomic E-state index is 14.2. The van der Waals surface area contributed by atoms with Gasteiger partial charge in [-0.1, -0.05) is 12.1 Å². The van der Waals surface area contributed by atoms with Crippen LogP contribution >= 0.6 is 0 Å². The number of rotatable bonds is 5. The first-order valence-electron chi connectivity index (χ1n) is 9.55. The van der Waals surface area contributed by atoms with Gasteiger partial charge in [-0.05, 0) is 55.2 Å². The quantitative estimate of drug-likeness (QED) is 0.680. The summed E-state index contributed by atoms with van der Waals surface area (Å²) in [5.74, 6) is -0.355. The maximum Gasteiger partial charge on any atom is 0.251 e. The van der Waals surface area contributed by atoms with Gasteiger partial charge in [0.05, 0.1) is 12.8 Å². The van der Waals surface area contributed by atoms with Gasteiger partial charge < -0.3 is 9.64 Å². The summed E-state index contributed by atoms with van der Waals surface area (Å²) in [6, 6.07) is 7.79. The molecule has 1 aliphatic heterocycles. The van der Waals surface area contributed by atoms with Crippen LogP contribution in [0.3, 0.4) is 0 Å². The number of sulfonamides is 1. The number of anilines is 1. The lowest BCUT2D eigenvalue weighted by molar-refractivity contribution is -0.114. The summed E-state index contributed by atoms with van der Waals surface area (Å²) in [5, 5.41) is 0. The van der Waals surface area contributed by atoms with Gasteiger partial charge in [0.2, 0.25) is 10.0 Å². The minimum absolute atomic E-state index is 0.0193. The van der Waals surface area contributed by atoms with Crippen LogP contribution in [0, 0.1) is 12.7 Å². The molecule has 0 atom stereocenters. The van der Waals surface area contributed by atoms with E-state index in [0.29, 0.717) is 36.2 Å². The van der Waals surface area contributed by atoms with Crippen LogP contribution in [0.2, 0.25) is 0 Å². The van der Waals surface area contributed by atoms with E-state index in [4.69, 9.17) is 4.74 Å². The lowest BCUT2D eigenvalue weighted by atomic mass is 9.97. The molecule has 6 nitrogen and oxygen atoms in total. The van der Waals surface area contributed by atoms with Gasteiger partial charge in [-0.3, -0.25) is 4.79 Å². The zero-order valence-corrected chi connectivity index (χ0v) is 18.3. The number of hydrogen-bond acceptors (Lipinski definition) is 4. The van der Waals surface area contributed by atoms with E-state index in [-0.39, 0.29) is 22.4 Å². The van der Waals surface area contributed by atoms with E-state index in [9.17, 15) is 17.6 Å². The van der Waals surface area contributed by atoms with Gasteiger partial charge in [-0.25, -0.2) is 17.1 Å². The Hall–Kier alpha value is -2.71. The molecule has 0 spiro atoms. The predicted molar refractivity (Wildman–Crippen MR) is 115 cm³/mol. The number of carbonyl (C=O) groups is 1. The molecular formula is C22H25FN2O4S. The van der Waals surface area contributed by atoms with Gasteiger partial charge in [0.1, 0.15) is 16.5 Å². The zero-order chi connectivity index (χ0) is 22.1. The molecule has 1 heterocycles. The molecule has 8 heteroatoms. The first-order chi connectivity index (χ1) is 14.2. The van der Waals surface area contributed by atoms with Crippen molar-refractivity contribution in [3.63, 3.8) is 0 Å². The van der Waals surface area contributed by atoms with Crippen molar-refractivity contribution in [1.82, 2.24) is 4.31 Å². The number of methoxy groups -OCH3 is 1. The third-order valence-electron chi connectivity index (χ3n) is 5.14. The highest BCUT2D eigenvalue weighted by Gasteiger charge is 2.25. The standard InChI is InChI=1S/C22H25FN2O4S/c1-15-7-10-18(23)17-6-5-13-25(22(15)17)21(26)12-9-16-8-11-19(29-4)20(14-16)30(27,28)24(2)3/h7-12,14H,5-6,13H2,1-4H3/b12-9+. The molecule has 0 unspecified atom stereocenters. The Morgan fingerprint density at radius 2 is 1.97 bits per heavy atom. The second-order valence-electron chi connectivity index (χ2n) is 7.32.